The third-order valence-electron chi connectivity index (χ3n) is 4.47. The first-order valence-electron chi connectivity index (χ1n) is 8.77. The molecule has 0 aromatic carbocycles. The number of rotatable bonds is 5. The van der Waals surface area contributed by atoms with Gasteiger partial charge in [-0.2, -0.15) is 10.2 Å². The SMILES string of the molecule is CC(C)c1nc(CCNC(=O)c2n[nH]c3c2C[C@H](C)O[C@@H]3C)n(C)n1. The number of carbonyl (C=O) groups excluding carboxylic acids is 1. The van der Waals surface area contributed by atoms with Crippen LogP contribution < -0.4 is 5.32 Å². The molecule has 0 aliphatic carbocycles. The van der Waals surface area contributed by atoms with E-state index in [1.807, 2.05) is 20.9 Å². The summed E-state index contributed by atoms with van der Waals surface area (Å²) in [7, 11) is 1.88. The van der Waals surface area contributed by atoms with Crippen LogP contribution in [0.4, 0.5) is 0 Å². The minimum Gasteiger partial charge on any atom is -0.369 e. The first-order valence-corrected chi connectivity index (χ1v) is 8.77. The van der Waals surface area contributed by atoms with Crippen LogP contribution in [0.5, 0.6) is 0 Å². The van der Waals surface area contributed by atoms with Gasteiger partial charge in [0.05, 0.1) is 17.9 Å². The zero-order valence-corrected chi connectivity index (χ0v) is 15.5. The Bertz CT molecular complexity index is 763. The van der Waals surface area contributed by atoms with Gasteiger partial charge < -0.3 is 10.1 Å². The molecule has 0 unspecified atom stereocenters. The van der Waals surface area contributed by atoms with Crippen LogP contribution in [-0.4, -0.2) is 43.5 Å². The molecule has 0 radical (unpaired) electrons. The molecule has 1 amide bonds. The molecule has 2 aromatic rings. The van der Waals surface area contributed by atoms with Crippen molar-refractivity contribution in [2.45, 2.75) is 58.7 Å². The number of carbonyl (C=O) groups is 1. The first-order chi connectivity index (χ1) is 11.9. The number of hydrogen-bond acceptors (Lipinski definition) is 5. The lowest BCUT2D eigenvalue weighted by atomic mass is 9.99. The normalized spacial score (nSPS) is 19.9. The maximum Gasteiger partial charge on any atom is 0.272 e. The molecular weight excluding hydrogens is 320 g/mol. The minimum absolute atomic E-state index is 0.0686. The Hall–Kier alpha value is -2.22. The van der Waals surface area contributed by atoms with Crippen molar-refractivity contribution in [2.75, 3.05) is 6.54 Å². The van der Waals surface area contributed by atoms with Gasteiger partial charge in [0.15, 0.2) is 11.5 Å². The molecule has 3 rings (SSSR count). The third-order valence-corrected chi connectivity index (χ3v) is 4.47. The van der Waals surface area contributed by atoms with E-state index in [4.69, 9.17) is 4.74 Å². The van der Waals surface area contributed by atoms with Crippen molar-refractivity contribution < 1.29 is 9.53 Å². The molecule has 2 aromatic heterocycles. The molecule has 2 atom stereocenters. The van der Waals surface area contributed by atoms with Crippen molar-refractivity contribution in [2.24, 2.45) is 7.05 Å². The van der Waals surface area contributed by atoms with E-state index in [2.05, 4.69) is 39.4 Å². The van der Waals surface area contributed by atoms with Gasteiger partial charge >= 0.3 is 0 Å². The smallest absolute Gasteiger partial charge is 0.272 e. The largest absolute Gasteiger partial charge is 0.369 e. The molecule has 0 fully saturated rings. The van der Waals surface area contributed by atoms with Gasteiger partial charge in [0, 0.05) is 37.9 Å². The zero-order chi connectivity index (χ0) is 18.1. The molecule has 25 heavy (non-hydrogen) atoms. The summed E-state index contributed by atoms with van der Waals surface area (Å²) in [6.07, 6.45) is 1.34. The third kappa shape index (κ3) is 3.58. The lowest BCUT2D eigenvalue weighted by Gasteiger charge is -2.25. The number of aryl methyl sites for hydroxylation is 1. The van der Waals surface area contributed by atoms with E-state index >= 15 is 0 Å². The molecule has 3 heterocycles. The van der Waals surface area contributed by atoms with Gasteiger partial charge in [0.1, 0.15) is 5.82 Å². The van der Waals surface area contributed by atoms with Crippen LogP contribution in [0.25, 0.3) is 0 Å². The molecule has 1 aliphatic heterocycles. The standard InChI is InChI=1S/C17H26N6O2/c1-9(2)16-19-13(23(5)22-16)6-7-18-17(24)15-12-8-10(3)25-11(4)14(12)20-21-15/h9-11H,6-8H2,1-5H3,(H,18,24)(H,20,21)/t10-,11+/m0/s1. The highest BCUT2D eigenvalue weighted by Gasteiger charge is 2.29. The molecule has 1 aliphatic rings. The van der Waals surface area contributed by atoms with E-state index in [0.29, 0.717) is 25.1 Å². The Labute approximate surface area is 147 Å². The van der Waals surface area contributed by atoms with Crippen molar-refractivity contribution >= 4 is 5.91 Å². The van der Waals surface area contributed by atoms with E-state index in [1.54, 1.807) is 4.68 Å². The predicted molar refractivity (Wildman–Crippen MR) is 92.4 cm³/mol. The summed E-state index contributed by atoms with van der Waals surface area (Å²) in [6, 6.07) is 0. The number of ether oxygens (including phenoxy) is 1. The van der Waals surface area contributed by atoms with Crippen molar-refractivity contribution in [3.05, 3.63) is 28.6 Å². The van der Waals surface area contributed by atoms with Gasteiger partial charge in [-0.05, 0) is 13.8 Å². The van der Waals surface area contributed by atoms with Crippen LogP contribution in [0, 0.1) is 0 Å². The second-order valence-corrected chi connectivity index (χ2v) is 6.93. The highest BCUT2D eigenvalue weighted by atomic mass is 16.5. The van der Waals surface area contributed by atoms with Gasteiger partial charge in [-0.1, -0.05) is 13.8 Å². The molecule has 8 nitrogen and oxygen atoms in total. The summed E-state index contributed by atoms with van der Waals surface area (Å²) < 4.78 is 7.53. The van der Waals surface area contributed by atoms with Crippen LogP contribution >= 0.6 is 0 Å². The maximum atomic E-state index is 12.5. The number of aromatic amines is 1. The van der Waals surface area contributed by atoms with E-state index in [-0.39, 0.29) is 24.0 Å². The fourth-order valence-electron chi connectivity index (χ4n) is 3.13. The fraction of sp³-hybridized carbons (Fsp3) is 0.647. The Morgan fingerprint density at radius 1 is 1.44 bits per heavy atom. The van der Waals surface area contributed by atoms with Crippen molar-refractivity contribution in [3.8, 4) is 0 Å². The molecule has 0 saturated carbocycles. The van der Waals surface area contributed by atoms with E-state index < -0.39 is 0 Å². The number of nitrogens with one attached hydrogen (secondary N) is 2. The number of fused-ring (bicyclic) bond motifs is 1. The van der Waals surface area contributed by atoms with Gasteiger partial charge in [-0.25, -0.2) is 4.98 Å². The monoisotopic (exact) mass is 346 g/mol. The highest BCUT2D eigenvalue weighted by Crippen LogP contribution is 2.29. The zero-order valence-electron chi connectivity index (χ0n) is 15.5. The number of nitrogens with zero attached hydrogens (tertiary/aromatic N) is 4. The Morgan fingerprint density at radius 2 is 2.20 bits per heavy atom. The summed E-state index contributed by atoms with van der Waals surface area (Å²) >= 11 is 0. The van der Waals surface area contributed by atoms with Crippen LogP contribution in [0.15, 0.2) is 0 Å². The molecule has 0 spiro atoms. The molecular formula is C17H26N6O2. The lowest BCUT2D eigenvalue weighted by molar-refractivity contribution is -0.00697. The average molecular weight is 346 g/mol. The summed E-state index contributed by atoms with van der Waals surface area (Å²) in [4.78, 5) is 17.0. The van der Waals surface area contributed by atoms with Crippen molar-refractivity contribution in [1.82, 2.24) is 30.3 Å². The van der Waals surface area contributed by atoms with Gasteiger partial charge in [0.25, 0.3) is 5.91 Å². The van der Waals surface area contributed by atoms with Crippen LogP contribution in [0.1, 0.15) is 73.1 Å². The summed E-state index contributed by atoms with van der Waals surface area (Å²) in [5, 5.41) is 14.5. The summed E-state index contributed by atoms with van der Waals surface area (Å²) in [5.41, 5.74) is 2.33. The average Bonchev–Trinajstić information content (AvgIpc) is 3.11. The maximum absolute atomic E-state index is 12.5. The number of hydrogen-bond donors (Lipinski definition) is 2. The van der Waals surface area contributed by atoms with Gasteiger partial charge in [-0.15, -0.1) is 0 Å². The Balaban J connectivity index is 1.62. The number of amides is 1. The van der Waals surface area contributed by atoms with E-state index in [0.717, 1.165) is 22.9 Å². The summed E-state index contributed by atoms with van der Waals surface area (Å²) in [5.74, 6) is 1.82. The molecule has 136 valence electrons. The Morgan fingerprint density at radius 3 is 2.88 bits per heavy atom. The van der Waals surface area contributed by atoms with Crippen LogP contribution in [0.2, 0.25) is 0 Å². The van der Waals surface area contributed by atoms with E-state index in [9.17, 15) is 4.79 Å². The number of H-pyrrole nitrogens is 1. The molecule has 2 N–H and O–H groups in total. The highest BCUT2D eigenvalue weighted by molar-refractivity contribution is 5.94. The molecule has 0 saturated heterocycles. The van der Waals surface area contributed by atoms with E-state index in [1.165, 1.54) is 0 Å². The van der Waals surface area contributed by atoms with Gasteiger partial charge in [-0.3, -0.25) is 14.6 Å². The topological polar surface area (TPSA) is 97.7 Å². The first kappa shape index (κ1) is 17.6. The summed E-state index contributed by atoms with van der Waals surface area (Å²) in [6.45, 7) is 8.59. The molecule has 8 heteroatoms. The quantitative estimate of drug-likeness (QED) is 0.858. The minimum atomic E-state index is -0.162. The van der Waals surface area contributed by atoms with Crippen LogP contribution in [-0.2, 0) is 24.6 Å². The number of aromatic nitrogens is 5. The fourth-order valence-corrected chi connectivity index (χ4v) is 3.13. The second kappa shape index (κ2) is 6.95. The van der Waals surface area contributed by atoms with Gasteiger partial charge in [0.2, 0.25) is 0 Å². The second-order valence-electron chi connectivity index (χ2n) is 6.93. The Kier molecular flexibility index (Phi) is 4.89. The predicted octanol–water partition coefficient (Wildman–Crippen LogP) is 1.66. The molecule has 0 bridgehead atoms. The van der Waals surface area contributed by atoms with Crippen molar-refractivity contribution in [1.29, 1.82) is 0 Å². The lowest BCUT2D eigenvalue weighted by Crippen LogP contribution is -2.29. The van der Waals surface area contributed by atoms with Crippen LogP contribution in [0.3, 0.4) is 0 Å². The van der Waals surface area contributed by atoms with Crippen molar-refractivity contribution in [3.63, 3.8) is 0 Å².